The molecule has 0 amide bonds. The molecule has 0 aliphatic carbocycles. The van der Waals surface area contributed by atoms with Crippen LogP contribution in [0.5, 0.6) is 0 Å². The van der Waals surface area contributed by atoms with Crippen LogP contribution < -0.4 is 10.2 Å². The third kappa shape index (κ3) is 6.16. The average Bonchev–Trinajstić information content (AvgIpc) is 3.17. The van der Waals surface area contributed by atoms with Crippen molar-refractivity contribution in [1.29, 1.82) is 0 Å². The van der Waals surface area contributed by atoms with Crippen molar-refractivity contribution < 1.29 is 5.11 Å². The van der Waals surface area contributed by atoms with Gasteiger partial charge in [0.1, 0.15) is 11.6 Å². The van der Waals surface area contributed by atoms with E-state index in [0.717, 1.165) is 48.1 Å². The first-order valence-electron chi connectivity index (χ1n) is 11.0. The zero-order valence-electron chi connectivity index (χ0n) is 19.0. The third-order valence-electron chi connectivity index (χ3n) is 4.85. The predicted octanol–water partition coefficient (Wildman–Crippen LogP) is 4.23. The number of nitrogens with one attached hydrogen (secondary N) is 1. The first kappa shape index (κ1) is 23.6. The summed E-state index contributed by atoms with van der Waals surface area (Å²) in [6, 6.07) is 6.26. The second-order valence-corrected chi connectivity index (χ2v) is 7.17. The number of pyridine rings is 1. The quantitative estimate of drug-likeness (QED) is 0.547. The zero-order valence-corrected chi connectivity index (χ0v) is 19.0. The van der Waals surface area contributed by atoms with E-state index in [9.17, 15) is 0 Å². The molecular formula is C23H36N6O. The van der Waals surface area contributed by atoms with Crippen molar-refractivity contribution in [3.05, 3.63) is 47.4 Å². The Morgan fingerprint density at radius 1 is 1.13 bits per heavy atom. The Morgan fingerprint density at radius 3 is 2.50 bits per heavy atom. The van der Waals surface area contributed by atoms with Gasteiger partial charge in [-0.15, -0.1) is 0 Å². The van der Waals surface area contributed by atoms with Gasteiger partial charge in [0.25, 0.3) is 0 Å². The van der Waals surface area contributed by atoms with Gasteiger partial charge in [-0.3, -0.25) is 4.98 Å². The molecule has 3 heterocycles. The Bertz CT molecular complexity index is 891. The number of nitrogens with zero attached hydrogens (tertiary/aromatic N) is 5. The fraction of sp³-hybridized carbons (Fsp3) is 0.522. The lowest BCUT2D eigenvalue weighted by Crippen LogP contribution is -2.25. The number of anilines is 2. The number of unbranched alkanes of at least 4 members (excludes halogenated alkanes) is 1. The van der Waals surface area contributed by atoms with Crippen molar-refractivity contribution >= 4 is 17.3 Å². The molecular weight excluding hydrogens is 376 g/mol. The first-order chi connectivity index (χ1) is 14.6. The highest BCUT2D eigenvalue weighted by Crippen LogP contribution is 2.23. The fourth-order valence-corrected chi connectivity index (χ4v) is 3.11. The van der Waals surface area contributed by atoms with E-state index in [2.05, 4.69) is 53.2 Å². The van der Waals surface area contributed by atoms with Gasteiger partial charge in [0.05, 0.1) is 6.20 Å². The topological polar surface area (TPSA) is 78.6 Å². The Hall–Kier alpha value is -2.67. The van der Waals surface area contributed by atoms with E-state index in [-0.39, 0.29) is 6.61 Å². The molecule has 0 atom stereocenters. The summed E-state index contributed by atoms with van der Waals surface area (Å²) in [5.74, 6) is 1.98. The molecule has 0 radical (unpaired) electrons. The minimum Gasteiger partial charge on any atom is -0.397 e. The Morgan fingerprint density at radius 2 is 1.90 bits per heavy atom. The molecule has 3 rings (SSSR count). The number of rotatable bonds is 9. The summed E-state index contributed by atoms with van der Waals surface area (Å²) in [5, 5.41) is 15.7. The Kier molecular flexibility index (Phi) is 9.54. The minimum absolute atomic E-state index is 0.250. The lowest BCUT2D eigenvalue weighted by Gasteiger charge is -2.23. The van der Waals surface area contributed by atoms with Gasteiger partial charge in [-0.1, -0.05) is 26.3 Å². The lowest BCUT2D eigenvalue weighted by molar-refractivity contribution is 0.318. The molecule has 3 aromatic rings. The van der Waals surface area contributed by atoms with Crippen molar-refractivity contribution in [3.8, 4) is 0 Å². The highest BCUT2D eigenvalue weighted by Gasteiger charge is 2.14. The number of aromatic nitrogens is 4. The average molecular weight is 413 g/mol. The summed E-state index contributed by atoms with van der Waals surface area (Å²) in [5.41, 5.74) is 4.28. The van der Waals surface area contributed by atoms with Crippen LogP contribution in [-0.4, -0.2) is 44.4 Å². The van der Waals surface area contributed by atoms with Gasteiger partial charge in [0.2, 0.25) is 0 Å². The van der Waals surface area contributed by atoms with Gasteiger partial charge in [0.15, 0.2) is 5.65 Å². The van der Waals surface area contributed by atoms with Crippen LogP contribution in [0.2, 0.25) is 0 Å². The summed E-state index contributed by atoms with van der Waals surface area (Å²) in [4.78, 5) is 11.7. The van der Waals surface area contributed by atoms with E-state index in [1.165, 1.54) is 18.4 Å². The van der Waals surface area contributed by atoms with E-state index >= 15 is 0 Å². The van der Waals surface area contributed by atoms with Gasteiger partial charge in [-0.25, -0.2) is 4.98 Å². The highest BCUT2D eigenvalue weighted by atomic mass is 16.2. The van der Waals surface area contributed by atoms with Crippen LogP contribution in [0.25, 0.3) is 5.65 Å². The number of aryl methyl sites for hydroxylation is 2. The maximum atomic E-state index is 7.57. The van der Waals surface area contributed by atoms with Crippen molar-refractivity contribution in [2.24, 2.45) is 0 Å². The summed E-state index contributed by atoms with van der Waals surface area (Å²) in [7, 11) is 0. The third-order valence-corrected chi connectivity index (χ3v) is 4.85. The van der Waals surface area contributed by atoms with E-state index < -0.39 is 0 Å². The van der Waals surface area contributed by atoms with Crippen molar-refractivity contribution in [2.45, 2.75) is 60.4 Å². The van der Waals surface area contributed by atoms with E-state index in [4.69, 9.17) is 10.1 Å². The molecule has 2 N–H and O–H groups in total. The molecule has 7 nitrogen and oxygen atoms in total. The molecule has 0 fully saturated rings. The summed E-state index contributed by atoms with van der Waals surface area (Å²) in [6.07, 6.45) is 7.10. The second kappa shape index (κ2) is 12.1. The normalized spacial score (nSPS) is 10.6. The number of aliphatic hydroxyl groups is 1. The van der Waals surface area contributed by atoms with Crippen LogP contribution in [0.4, 0.5) is 11.6 Å². The molecule has 0 aliphatic rings. The second-order valence-electron chi connectivity index (χ2n) is 7.17. The van der Waals surface area contributed by atoms with Gasteiger partial charge in [-0.2, -0.15) is 9.61 Å². The van der Waals surface area contributed by atoms with Gasteiger partial charge >= 0.3 is 0 Å². The van der Waals surface area contributed by atoms with Crippen molar-refractivity contribution in [2.75, 3.05) is 29.9 Å². The Balaban J connectivity index is 0.00000101. The first-order valence-corrected chi connectivity index (χ1v) is 11.0. The fourth-order valence-electron chi connectivity index (χ4n) is 3.11. The van der Waals surface area contributed by atoms with Gasteiger partial charge < -0.3 is 15.3 Å². The molecule has 0 bridgehead atoms. The minimum atomic E-state index is 0.250. The standard InChI is InChI=1S/C21H30N6.C2H6O/c1-5-8-11-26(7-3)20-12-19(23-14-17-10-9-16(4)22-13-17)27-21(25-20)18(6-2)15-24-27;1-2-3/h9-10,12-13,15,23H,5-8,11,14H2,1-4H3;3H,2H2,1H3. The monoisotopic (exact) mass is 412 g/mol. The molecule has 0 saturated carbocycles. The van der Waals surface area contributed by atoms with E-state index in [1.54, 1.807) is 6.92 Å². The summed E-state index contributed by atoms with van der Waals surface area (Å²) < 4.78 is 1.91. The number of fused-ring (bicyclic) bond motifs is 1. The molecule has 0 aliphatic heterocycles. The molecule has 0 saturated heterocycles. The van der Waals surface area contributed by atoms with Crippen LogP contribution >= 0.6 is 0 Å². The van der Waals surface area contributed by atoms with Gasteiger partial charge in [0, 0.05) is 49.8 Å². The maximum absolute atomic E-state index is 7.57. The van der Waals surface area contributed by atoms with Crippen LogP contribution in [-0.2, 0) is 13.0 Å². The number of hydrogen-bond acceptors (Lipinski definition) is 6. The molecule has 30 heavy (non-hydrogen) atoms. The maximum Gasteiger partial charge on any atom is 0.162 e. The van der Waals surface area contributed by atoms with Gasteiger partial charge in [-0.05, 0) is 45.2 Å². The van der Waals surface area contributed by atoms with Crippen molar-refractivity contribution in [3.63, 3.8) is 0 Å². The van der Waals surface area contributed by atoms with E-state index in [0.29, 0.717) is 6.54 Å². The SMILES string of the molecule is CCCCN(CC)c1cc(NCc2ccc(C)nc2)n2ncc(CC)c2n1.CCO. The molecule has 0 aromatic carbocycles. The summed E-state index contributed by atoms with van der Waals surface area (Å²) >= 11 is 0. The predicted molar refractivity (Wildman–Crippen MR) is 124 cm³/mol. The molecule has 164 valence electrons. The van der Waals surface area contributed by atoms with Crippen LogP contribution in [0.15, 0.2) is 30.6 Å². The molecule has 0 unspecified atom stereocenters. The lowest BCUT2D eigenvalue weighted by atomic mass is 10.2. The highest BCUT2D eigenvalue weighted by molar-refractivity contribution is 5.61. The summed E-state index contributed by atoms with van der Waals surface area (Å²) in [6.45, 7) is 13.1. The smallest absolute Gasteiger partial charge is 0.162 e. The largest absolute Gasteiger partial charge is 0.397 e. The number of hydrogen-bond donors (Lipinski definition) is 2. The Labute approximate surface area is 180 Å². The van der Waals surface area contributed by atoms with Crippen molar-refractivity contribution in [1.82, 2.24) is 19.6 Å². The molecule has 0 spiro atoms. The van der Waals surface area contributed by atoms with Crippen LogP contribution in [0, 0.1) is 6.92 Å². The molecule has 7 heteroatoms. The zero-order chi connectivity index (χ0) is 21.9. The van der Waals surface area contributed by atoms with E-state index in [1.807, 2.05) is 29.9 Å². The van der Waals surface area contributed by atoms with Crippen LogP contribution in [0.1, 0.15) is 57.4 Å². The number of aliphatic hydroxyl groups excluding tert-OH is 1. The molecule has 3 aromatic heterocycles. The van der Waals surface area contributed by atoms with Crippen LogP contribution in [0.3, 0.4) is 0 Å².